The molecule has 18 heavy (non-hydrogen) atoms. The van der Waals surface area contributed by atoms with Gasteiger partial charge in [-0.15, -0.1) is 0 Å². The van der Waals surface area contributed by atoms with E-state index in [-0.39, 0.29) is 0 Å². The fourth-order valence-electron chi connectivity index (χ4n) is 2.57. The van der Waals surface area contributed by atoms with Crippen LogP contribution in [-0.2, 0) is 0 Å². The van der Waals surface area contributed by atoms with Crippen molar-refractivity contribution >= 4 is 23.0 Å². The van der Waals surface area contributed by atoms with E-state index in [4.69, 9.17) is 17.3 Å². The largest absolute Gasteiger partial charge is 0.381 e. The van der Waals surface area contributed by atoms with Crippen molar-refractivity contribution in [3.8, 4) is 0 Å². The maximum absolute atomic E-state index is 6.26. The fraction of sp³-hybridized carbons (Fsp3) is 0.571. The third-order valence-corrected chi connectivity index (χ3v) is 3.87. The fourth-order valence-corrected chi connectivity index (χ4v) is 2.91. The number of nitrogens with two attached hydrogens (primary N) is 1. The highest BCUT2D eigenvalue weighted by molar-refractivity contribution is 6.34. The van der Waals surface area contributed by atoms with Crippen LogP contribution in [0.2, 0.25) is 5.02 Å². The van der Waals surface area contributed by atoms with E-state index < -0.39 is 0 Å². The zero-order valence-electron chi connectivity index (χ0n) is 11.1. The second-order valence-electron chi connectivity index (χ2n) is 5.29. The molecule has 1 aromatic carbocycles. The minimum absolute atomic E-state index is 0.385. The van der Waals surface area contributed by atoms with Gasteiger partial charge >= 0.3 is 0 Å². The zero-order chi connectivity index (χ0) is 13.1. The first-order valence-electron chi connectivity index (χ1n) is 6.56. The zero-order valence-corrected chi connectivity index (χ0v) is 11.9. The van der Waals surface area contributed by atoms with Gasteiger partial charge in [0.2, 0.25) is 0 Å². The monoisotopic (exact) mass is 267 g/mol. The Balaban J connectivity index is 2.11. The third kappa shape index (κ3) is 3.09. The second kappa shape index (κ2) is 5.81. The Bertz CT molecular complexity index is 398. The molecule has 0 heterocycles. The number of para-hydroxylation sites is 1. The Morgan fingerprint density at radius 3 is 2.50 bits per heavy atom. The Morgan fingerprint density at radius 1 is 1.22 bits per heavy atom. The van der Waals surface area contributed by atoms with Crippen LogP contribution < -0.4 is 16.0 Å². The van der Waals surface area contributed by atoms with E-state index in [2.05, 4.69) is 16.3 Å². The molecule has 0 spiro atoms. The minimum Gasteiger partial charge on any atom is -0.381 e. The highest BCUT2D eigenvalue weighted by atomic mass is 35.5. The predicted octanol–water partition coefficient (Wildman–Crippen LogP) is 3.09. The molecule has 3 N–H and O–H groups in total. The summed E-state index contributed by atoms with van der Waals surface area (Å²) in [5.74, 6) is 0. The molecule has 3 nitrogen and oxygen atoms in total. The molecule has 1 saturated carbocycles. The Morgan fingerprint density at radius 2 is 1.89 bits per heavy atom. The van der Waals surface area contributed by atoms with E-state index >= 15 is 0 Å². The van der Waals surface area contributed by atoms with Crippen molar-refractivity contribution in [2.45, 2.75) is 37.8 Å². The van der Waals surface area contributed by atoms with E-state index in [9.17, 15) is 0 Å². The molecule has 1 aromatic rings. The third-order valence-electron chi connectivity index (χ3n) is 3.57. The Hall–Kier alpha value is -0.930. The molecule has 100 valence electrons. The van der Waals surface area contributed by atoms with E-state index in [0.29, 0.717) is 12.1 Å². The van der Waals surface area contributed by atoms with Gasteiger partial charge in [-0.25, -0.2) is 0 Å². The van der Waals surface area contributed by atoms with Crippen LogP contribution >= 0.6 is 11.6 Å². The van der Waals surface area contributed by atoms with Crippen LogP contribution in [0.15, 0.2) is 18.2 Å². The molecule has 1 fully saturated rings. The molecule has 2 rings (SSSR count). The lowest BCUT2D eigenvalue weighted by Crippen LogP contribution is -2.33. The molecular formula is C14H22ClN3. The Labute approximate surface area is 114 Å². The van der Waals surface area contributed by atoms with E-state index in [1.54, 1.807) is 0 Å². The summed E-state index contributed by atoms with van der Waals surface area (Å²) in [5.41, 5.74) is 8.12. The van der Waals surface area contributed by atoms with Gasteiger partial charge in [0.25, 0.3) is 0 Å². The van der Waals surface area contributed by atoms with Crippen LogP contribution in [-0.4, -0.2) is 26.2 Å². The standard InChI is InChI=1S/C14H22ClN3/c1-18(2)14-12(15)4-3-5-13(14)17-11-8-6-10(16)7-9-11/h3-5,10-11,17H,6-9,16H2,1-2H3. The first-order chi connectivity index (χ1) is 8.58. The average Bonchev–Trinajstić information content (AvgIpc) is 2.32. The highest BCUT2D eigenvalue weighted by Gasteiger charge is 2.19. The molecule has 0 aliphatic heterocycles. The smallest absolute Gasteiger partial charge is 0.0786 e. The van der Waals surface area contributed by atoms with Gasteiger partial charge in [-0.3, -0.25) is 0 Å². The van der Waals surface area contributed by atoms with E-state index in [0.717, 1.165) is 42.1 Å². The molecule has 0 unspecified atom stereocenters. The van der Waals surface area contributed by atoms with Gasteiger partial charge < -0.3 is 16.0 Å². The predicted molar refractivity (Wildman–Crippen MR) is 79.6 cm³/mol. The van der Waals surface area contributed by atoms with Gasteiger partial charge in [-0.1, -0.05) is 17.7 Å². The average molecular weight is 268 g/mol. The van der Waals surface area contributed by atoms with Crippen LogP contribution in [0.1, 0.15) is 25.7 Å². The number of nitrogens with one attached hydrogen (secondary N) is 1. The van der Waals surface area contributed by atoms with Crippen LogP contribution in [0.4, 0.5) is 11.4 Å². The number of rotatable bonds is 3. The van der Waals surface area contributed by atoms with Crippen molar-refractivity contribution in [2.75, 3.05) is 24.3 Å². The normalized spacial score (nSPS) is 23.8. The molecule has 1 aliphatic carbocycles. The highest BCUT2D eigenvalue weighted by Crippen LogP contribution is 2.34. The van der Waals surface area contributed by atoms with Gasteiger partial charge in [-0.05, 0) is 37.8 Å². The minimum atomic E-state index is 0.385. The van der Waals surface area contributed by atoms with Crippen LogP contribution in [0, 0.1) is 0 Å². The lowest BCUT2D eigenvalue weighted by Gasteiger charge is -2.29. The van der Waals surface area contributed by atoms with Crippen molar-refractivity contribution in [3.63, 3.8) is 0 Å². The van der Waals surface area contributed by atoms with Gasteiger partial charge in [0.05, 0.1) is 16.4 Å². The summed E-state index contributed by atoms with van der Waals surface area (Å²) in [7, 11) is 4.03. The molecular weight excluding hydrogens is 246 g/mol. The molecule has 0 saturated heterocycles. The molecule has 0 aromatic heterocycles. The van der Waals surface area contributed by atoms with Crippen molar-refractivity contribution in [3.05, 3.63) is 23.2 Å². The van der Waals surface area contributed by atoms with E-state index in [1.165, 1.54) is 0 Å². The number of hydrogen-bond donors (Lipinski definition) is 2. The van der Waals surface area contributed by atoms with Crippen LogP contribution in [0.25, 0.3) is 0 Å². The van der Waals surface area contributed by atoms with Gasteiger partial charge in [0.1, 0.15) is 0 Å². The molecule has 0 radical (unpaired) electrons. The summed E-state index contributed by atoms with van der Waals surface area (Å²) in [4.78, 5) is 2.05. The maximum Gasteiger partial charge on any atom is 0.0786 e. The van der Waals surface area contributed by atoms with Crippen molar-refractivity contribution in [1.29, 1.82) is 0 Å². The SMILES string of the molecule is CN(C)c1c(Cl)cccc1NC1CCC(N)CC1. The van der Waals surface area contributed by atoms with E-state index in [1.807, 2.05) is 26.2 Å². The summed E-state index contributed by atoms with van der Waals surface area (Å²) in [5, 5.41) is 4.40. The van der Waals surface area contributed by atoms with Crippen LogP contribution in [0.3, 0.4) is 0 Å². The first kappa shape index (κ1) is 13.5. The lowest BCUT2D eigenvalue weighted by atomic mass is 9.91. The summed E-state index contributed by atoms with van der Waals surface area (Å²) in [6.07, 6.45) is 4.49. The van der Waals surface area contributed by atoms with Crippen molar-refractivity contribution in [2.24, 2.45) is 5.73 Å². The maximum atomic E-state index is 6.26. The molecule has 1 aliphatic rings. The summed E-state index contributed by atoms with van der Waals surface area (Å²) < 4.78 is 0. The van der Waals surface area contributed by atoms with Crippen LogP contribution in [0.5, 0.6) is 0 Å². The summed E-state index contributed by atoms with van der Waals surface area (Å²) in [6.45, 7) is 0. The summed E-state index contributed by atoms with van der Waals surface area (Å²) >= 11 is 6.26. The Kier molecular flexibility index (Phi) is 4.36. The van der Waals surface area contributed by atoms with Gasteiger partial charge in [0.15, 0.2) is 0 Å². The summed E-state index contributed by atoms with van der Waals surface area (Å²) in [6, 6.07) is 6.92. The molecule has 4 heteroatoms. The number of anilines is 2. The lowest BCUT2D eigenvalue weighted by molar-refractivity contribution is 0.411. The van der Waals surface area contributed by atoms with Gasteiger partial charge in [0, 0.05) is 26.2 Å². The number of hydrogen-bond acceptors (Lipinski definition) is 3. The number of halogens is 1. The van der Waals surface area contributed by atoms with Crippen molar-refractivity contribution in [1.82, 2.24) is 0 Å². The molecule has 0 amide bonds. The quantitative estimate of drug-likeness (QED) is 0.884. The molecule has 0 bridgehead atoms. The topological polar surface area (TPSA) is 41.3 Å². The van der Waals surface area contributed by atoms with Gasteiger partial charge in [-0.2, -0.15) is 0 Å². The first-order valence-corrected chi connectivity index (χ1v) is 6.93. The van der Waals surface area contributed by atoms with Crippen molar-refractivity contribution < 1.29 is 0 Å². The second-order valence-corrected chi connectivity index (χ2v) is 5.69. The number of benzene rings is 1. The molecule has 0 atom stereocenters. The number of nitrogens with zero attached hydrogens (tertiary/aromatic N) is 1.